The van der Waals surface area contributed by atoms with Crippen LogP contribution in [0.3, 0.4) is 0 Å². The monoisotopic (exact) mass is 422 g/mol. The Morgan fingerprint density at radius 1 is 0.968 bits per heavy atom. The molecular weight excluding hydrogens is 380 g/mol. The molecule has 0 spiro atoms. The van der Waals surface area contributed by atoms with Crippen molar-refractivity contribution in [3.05, 3.63) is 65.2 Å². The van der Waals surface area contributed by atoms with Crippen LogP contribution in [0.2, 0.25) is 0 Å². The minimum absolute atomic E-state index is 0.139. The molecule has 0 bridgehead atoms. The van der Waals surface area contributed by atoms with Gasteiger partial charge in [-0.3, -0.25) is 0 Å². The first kappa shape index (κ1) is 23.9. The highest BCUT2D eigenvalue weighted by atomic mass is 16.5. The minimum Gasteiger partial charge on any atom is -0.489 e. The van der Waals surface area contributed by atoms with Crippen LogP contribution >= 0.6 is 0 Å². The number of aliphatic hydroxyl groups is 1. The molecule has 0 heterocycles. The zero-order valence-electron chi connectivity index (χ0n) is 19.9. The van der Waals surface area contributed by atoms with Gasteiger partial charge in [0, 0.05) is 0 Å². The van der Waals surface area contributed by atoms with Crippen molar-refractivity contribution < 1.29 is 9.84 Å². The number of rotatable bonds is 10. The maximum absolute atomic E-state index is 10.4. The summed E-state index contributed by atoms with van der Waals surface area (Å²) in [5, 5.41) is 10.4. The number of unbranched alkanes of at least 4 members (excludes halogenated alkanes) is 3. The second-order valence-corrected chi connectivity index (χ2v) is 10.1. The van der Waals surface area contributed by atoms with Gasteiger partial charge in [-0.05, 0) is 59.8 Å². The van der Waals surface area contributed by atoms with Crippen molar-refractivity contribution in [1.29, 1.82) is 0 Å². The Morgan fingerprint density at radius 2 is 1.74 bits per heavy atom. The predicted octanol–water partition coefficient (Wildman–Crippen LogP) is 7.92. The lowest BCUT2D eigenvalue weighted by Crippen LogP contribution is -2.18. The normalized spacial score (nSPS) is 19.7. The molecule has 0 radical (unpaired) electrons. The molecule has 2 aromatic rings. The molecule has 0 amide bonds. The zero-order chi connectivity index (χ0) is 22.1. The Labute approximate surface area is 190 Å². The molecule has 1 N–H and O–H groups in total. The van der Waals surface area contributed by atoms with Crippen molar-refractivity contribution in [2.75, 3.05) is 0 Å². The number of aliphatic hydroxyl groups excluding tert-OH is 1. The van der Waals surface area contributed by atoms with Gasteiger partial charge in [0.25, 0.3) is 0 Å². The summed E-state index contributed by atoms with van der Waals surface area (Å²) in [5.74, 6) is 1.40. The molecule has 1 aliphatic rings. The lowest BCUT2D eigenvalue weighted by Gasteiger charge is -2.28. The summed E-state index contributed by atoms with van der Waals surface area (Å²) in [6.07, 6.45) is 11.4. The molecule has 1 aliphatic carbocycles. The van der Waals surface area contributed by atoms with Crippen molar-refractivity contribution in [2.45, 2.75) is 109 Å². The van der Waals surface area contributed by atoms with Gasteiger partial charge in [0.2, 0.25) is 0 Å². The molecule has 3 rings (SSSR count). The van der Waals surface area contributed by atoms with E-state index in [0.29, 0.717) is 12.5 Å². The fraction of sp³-hybridized carbons (Fsp3) is 0.586. The average Bonchev–Trinajstić information content (AvgIpc) is 3.00. The van der Waals surface area contributed by atoms with Gasteiger partial charge in [0.05, 0.1) is 6.10 Å². The van der Waals surface area contributed by atoms with Crippen LogP contribution in [-0.2, 0) is 12.0 Å². The number of hydrogen-bond acceptors (Lipinski definition) is 2. The van der Waals surface area contributed by atoms with Gasteiger partial charge in [-0.2, -0.15) is 0 Å². The summed E-state index contributed by atoms with van der Waals surface area (Å²) in [6, 6.07) is 17.3. The topological polar surface area (TPSA) is 29.5 Å². The van der Waals surface area contributed by atoms with Crippen LogP contribution in [0.4, 0.5) is 0 Å². The van der Waals surface area contributed by atoms with Gasteiger partial charge in [-0.25, -0.2) is 0 Å². The lowest BCUT2D eigenvalue weighted by atomic mass is 9.78. The molecule has 2 aromatic carbocycles. The maximum atomic E-state index is 10.4. The zero-order valence-corrected chi connectivity index (χ0v) is 19.9. The van der Waals surface area contributed by atoms with E-state index in [9.17, 15) is 5.11 Å². The minimum atomic E-state index is -0.191. The fourth-order valence-electron chi connectivity index (χ4n) is 4.91. The molecule has 31 heavy (non-hydrogen) atoms. The molecule has 0 saturated heterocycles. The highest BCUT2D eigenvalue weighted by Gasteiger charge is 2.26. The second kappa shape index (κ2) is 11.7. The van der Waals surface area contributed by atoms with Gasteiger partial charge in [0.1, 0.15) is 12.4 Å². The van der Waals surface area contributed by atoms with Crippen LogP contribution in [0.5, 0.6) is 5.75 Å². The van der Waals surface area contributed by atoms with E-state index in [1.165, 1.54) is 55.2 Å². The van der Waals surface area contributed by atoms with E-state index < -0.39 is 0 Å². The largest absolute Gasteiger partial charge is 0.489 e. The van der Waals surface area contributed by atoms with Crippen molar-refractivity contribution >= 4 is 0 Å². The molecule has 1 saturated carbocycles. The molecule has 0 aromatic heterocycles. The Kier molecular flexibility index (Phi) is 9.02. The van der Waals surface area contributed by atoms with Gasteiger partial charge >= 0.3 is 0 Å². The first-order chi connectivity index (χ1) is 15.0. The molecule has 2 heteroatoms. The van der Waals surface area contributed by atoms with E-state index in [1.54, 1.807) is 0 Å². The summed E-state index contributed by atoms with van der Waals surface area (Å²) in [6.45, 7) is 7.59. The molecule has 2 atom stereocenters. The van der Waals surface area contributed by atoms with E-state index in [0.717, 1.165) is 31.4 Å². The van der Waals surface area contributed by atoms with Gasteiger partial charge in [0.15, 0.2) is 0 Å². The Balaban J connectivity index is 1.83. The third-order valence-electron chi connectivity index (χ3n) is 7.02. The molecule has 0 unspecified atom stereocenters. The third-order valence-corrected chi connectivity index (χ3v) is 7.02. The van der Waals surface area contributed by atoms with E-state index in [1.807, 2.05) is 6.07 Å². The van der Waals surface area contributed by atoms with Crippen molar-refractivity contribution in [2.24, 2.45) is 0 Å². The Hall–Kier alpha value is -1.80. The van der Waals surface area contributed by atoms with Crippen molar-refractivity contribution in [3.63, 3.8) is 0 Å². The first-order valence-electron chi connectivity index (χ1n) is 12.5. The molecule has 1 fully saturated rings. The highest BCUT2D eigenvalue weighted by molar-refractivity contribution is 5.43. The van der Waals surface area contributed by atoms with Gasteiger partial charge in [-0.15, -0.1) is 0 Å². The Morgan fingerprint density at radius 3 is 2.52 bits per heavy atom. The molecule has 0 aliphatic heterocycles. The van der Waals surface area contributed by atoms with E-state index >= 15 is 0 Å². The van der Waals surface area contributed by atoms with Crippen LogP contribution in [0.1, 0.15) is 108 Å². The van der Waals surface area contributed by atoms with Crippen LogP contribution in [0.15, 0.2) is 48.5 Å². The van der Waals surface area contributed by atoms with Gasteiger partial charge in [-0.1, -0.05) is 102 Å². The van der Waals surface area contributed by atoms with Crippen LogP contribution in [0.25, 0.3) is 0 Å². The number of ether oxygens (including phenoxy) is 1. The number of hydrogen-bond donors (Lipinski definition) is 1. The third kappa shape index (κ3) is 7.10. The second-order valence-electron chi connectivity index (χ2n) is 10.1. The van der Waals surface area contributed by atoms with Crippen molar-refractivity contribution in [1.82, 2.24) is 0 Å². The summed E-state index contributed by atoms with van der Waals surface area (Å²) in [7, 11) is 0. The molecule has 170 valence electrons. The molecule has 2 nitrogen and oxygen atoms in total. The van der Waals surface area contributed by atoms with Crippen LogP contribution < -0.4 is 4.74 Å². The quantitative estimate of drug-likeness (QED) is 0.311. The smallest absolute Gasteiger partial charge is 0.123 e. The van der Waals surface area contributed by atoms with Gasteiger partial charge < -0.3 is 9.84 Å². The fourth-order valence-corrected chi connectivity index (χ4v) is 4.91. The summed E-state index contributed by atoms with van der Waals surface area (Å²) in [5.41, 5.74) is 3.98. The Bertz CT molecular complexity index is 781. The first-order valence-corrected chi connectivity index (χ1v) is 12.5. The lowest BCUT2D eigenvalue weighted by molar-refractivity contribution is 0.151. The van der Waals surface area contributed by atoms with E-state index in [-0.39, 0.29) is 11.5 Å². The SMILES string of the molecule is CCCCCCC(C)(C)c1ccc([C@H]2CCCC[C@@H](O)C2)c(OCc2ccccc2)c1. The number of benzene rings is 2. The van der Waals surface area contributed by atoms with Crippen LogP contribution in [-0.4, -0.2) is 11.2 Å². The van der Waals surface area contributed by atoms with E-state index in [4.69, 9.17) is 4.74 Å². The predicted molar refractivity (Wildman–Crippen MR) is 131 cm³/mol. The standard InChI is InChI=1S/C29H42O2/c1-4-5-6-12-19-29(2,3)25-17-18-27(24-15-10-11-16-26(30)20-24)28(21-25)31-22-23-13-8-7-9-14-23/h7-9,13-14,17-18,21,24,26,30H,4-6,10-12,15-16,19-20,22H2,1-3H3/t24-,26+/m0/s1. The van der Waals surface area contributed by atoms with Crippen LogP contribution in [0, 0.1) is 0 Å². The summed E-state index contributed by atoms with van der Waals surface area (Å²) < 4.78 is 6.45. The van der Waals surface area contributed by atoms with E-state index in [2.05, 4.69) is 63.2 Å². The molecular formula is C29H42O2. The van der Waals surface area contributed by atoms with Crippen molar-refractivity contribution in [3.8, 4) is 5.75 Å². The summed E-state index contributed by atoms with van der Waals surface area (Å²) >= 11 is 0. The summed E-state index contributed by atoms with van der Waals surface area (Å²) in [4.78, 5) is 0. The highest BCUT2D eigenvalue weighted by Crippen LogP contribution is 2.40. The maximum Gasteiger partial charge on any atom is 0.123 e. The average molecular weight is 423 g/mol.